The molecule has 1 aromatic heterocycles. The molecular weight excluding hydrogens is 364 g/mol. The van der Waals surface area contributed by atoms with E-state index in [9.17, 15) is 4.79 Å². The minimum Gasteiger partial charge on any atom is -0.497 e. The van der Waals surface area contributed by atoms with Crippen LogP contribution in [0.4, 0.5) is 11.5 Å². The lowest BCUT2D eigenvalue weighted by atomic mass is 10.2. The van der Waals surface area contributed by atoms with Crippen molar-refractivity contribution in [2.75, 3.05) is 17.7 Å². The zero-order valence-electron chi connectivity index (χ0n) is 15.0. The number of ether oxygens (including phenoxy) is 1. The van der Waals surface area contributed by atoms with Crippen LogP contribution in [0.25, 0.3) is 0 Å². The molecule has 0 saturated carbocycles. The summed E-state index contributed by atoms with van der Waals surface area (Å²) in [5.41, 5.74) is 2.79. The molecule has 2 N–H and O–H groups in total. The number of methoxy groups -OCH3 is 1. The second-order valence-electron chi connectivity index (χ2n) is 5.86. The third kappa shape index (κ3) is 4.74. The van der Waals surface area contributed by atoms with Gasteiger partial charge in [0.1, 0.15) is 23.6 Å². The van der Waals surface area contributed by atoms with E-state index in [0.29, 0.717) is 23.1 Å². The van der Waals surface area contributed by atoms with Gasteiger partial charge in [-0.25, -0.2) is 9.97 Å². The van der Waals surface area contributed by atoms with Gasteiger partial charge in [0.15, 0.2) is 0 Å². The van der Waals surface area contributed by atoms with Crippen molar-refractivity contribution in [1.29, 1.82) is 0 Å². The van der Waals surface area contributed by atoms with E-state index in [0.717, 1.165) is 16.9 Å². The maximum absolute atomic E-state index is 12.5. The lowest BCUT2D eigenvalue weighted by molar-refractivity contribution is 0.102. The van der Waals surface area contributed by atoms with Gasteiger partial charge in [-0.15, -0.1) is 0 Å². The first-order valence-electron chi connectivity index (χ1n) is 8.32. The Morgan fingerprint density at radius 3 is 2.67 bits per heavy atom. The Hall–Kier alpha value is -3.12. The summed E-state index contributed by atoms with van der Waals surface area (Å²) in [6, 6.07) is 14.7. The van der Waals surface area contributed by atoms with Crippen LogP contribution in [0.15, 0.2) is 54.9 Å². The molecule has 3 rings (SSSR count). The number of benzene rings is 2. The number of rotatable bonds is 6. The predicted octanol–water partition coefficient (Wildman–Crippen LogP) is 4.31. The summed E-state index contributed by atoms with van der Waals surface area (Å²) in [5.74, 6) is 1.04. The van der Waals surface area contributed by atoms with Crippen LogP contribution < -0.4 is 15.4 Å². The Morgan fingerprint density at radius 2 is 1.93 bits per heavy atom. The third-order valence-corrected chi connectivity index (χ3v) is 4.46. The molecule has 0 aliphatic carbocycles. The van der Waals surface area contributed by atoms with Gasteiger partial charge < -0.3 is 15.4 Å². The third-order valence-electron chi connectivity index (χ3n) is 4.05. The number of amides is 1. The number of halogens is 1. The van der Waals surface area contributed by atoms with Crippen molar-refractivity contribution in [3.63, 3.8) is 0 Å². The predicted molar refractivity (Wildman–Crippen MR) is 106 cm³/mol. The van der Waals surface area contributed by atoms with Crippen molar-refractivity contribution in [2.45, 2.75) is 13.5 Å². The molecule has 138 valence electrons. The summed E-state index contributed by atoms with van der Waals surface area (Å²) in [7, 11) is 1.63. The van der Waals surface area contributed by atoms with Gasteiger partial charge in [0, 0.05) is 23.3 Å². The molecule has 0 fully saturated rings. The standard InChI is InChI=1S/C20H19ClN4O2/c1-13-16(21)4-3-5-17(13)25-20(26)18-10-19(24-12-23-18)22-11-14-6-8-15(27-2)9-7-14/h3-10,12H,11H2,1-2H3,(H,25,26)(H,22,23,24). The highest BCUT2D eigenvalue weighted by Crippen LogP contribution is 2.23. The van der Waals surface area contributed by atoms with Crippen LogP contribution in [-0.4, -0.2) is 23.0 Å². The largest absolute Gasteiger partial charge is 0.497 e. The molecule has 0 radical (unpaired) electrons. The van der Waals surface area contributed by atoms with Gasteiger partial charge in [0.2, 0.25) is 0 Å². The first kappa shape index (κ1) is 18.7. The molecule has 2 aromatic carbocycles. The van der Waals surface area contributed by atoms with E-state index in [2.05, 4.69) is 20.6 Å². The lowest BCUT2D eigenvalue weighted by Crippen LogP contribution is -2.15. The van der Waals surface area contributed by atoms with E-state index < -0.39 is 0 Å². The second kappa shape index (κ2) is 8.51. The van der Waals surface area contributed by atoms with Gasteiger partial charge in [0.05, 0.1) is 7.11 Å². The minimum absolute atomic E-state index is 0.265. The Kier molecular flexibility index (Phi) is 5.88. The van der Waals surface area contributed by atoms with E-state index in [1.165, 1.54) is 6.33 Å². The van der Waals surface area contributed by atoms with E-state index >= 15 is 0 Å². The molecule has 3 aromatic rings. The van der Waals surface area contributed by atoms with Gasteiger partial charge in [-0.2, -0.15) is 0 Å². The summed E-state index contributed by atoms with van der Waals surface area (Å²) in [6.45, 7) is 2.41. The molecule has 6 nitrogen and oxygen atoms in total. The molecule has 0 aliphatic rings. The average Bonchev–Trinajstić information content (AvgIpc) is 2.70. The molecule has 0 spiro atoms. The van der Waals surface area contributed by atoms with Crippen LogP contribution in [0, 0.1) is 6.92 Å². The highest BCUT2D eigenvalue weighted by atomic mass is 35.5. The molecular formula is C20H19ClN4O2. The molecule has 0 bridgehead atoms. The van der Waals surface area contributed by atoms with Crippen molar-refractivity contribution in [2.24, 2.45) is 0 Å². The summed E-state index contributed by atoms with van der Waals surface area (Å²) >= 11 is 6.09. The Bertz CT molecular complexity index is 945. The molecule has 0 saturated heterocycles. The van der Waals surface area contributed by atoms with Crippen LogP contribution in [-0.2, 0) is 6.54 Å². The number of carbonyl (C=O) groups excluding carboxylic acids is 1. The molecule has 7 heteroatoms. The summed E-state index contributed by atoms with van der Waals surface area (Å²) < 4.78 is 5.14. The first-order chi connectivity index (χ1) is 13.1. The maximum Gasteiger partial charge on any atom is 0.274 e. The van der Waals surface area contributed by atoms with Gasteiger partial charge >= 0.3 is 0 Å². The topological polar surface area (TPSA) is 76.1 Å². The maximum atomic E-state index is 12.5. The number of nitrogens with one attached hydrogen (secondary N) is 2. The highest BCUT2D eigenvalue weighted by molar-refractivity contribution is 6.31. The Morgan fingerprint density at radius 1 is 1.15 bits per heavy atom. The van der Waals surface area contributed by atoms with Crippen LogP contribution in [0.1, 0.15) is 21.6 Å². The zero-order valence-corrected chi connectivity index (χ0v) is 15.7. The van der Waals surface area contributed by atoms with E-state index in [-0.39, 0.29) is 11.6 Å². The summed E-state index contributed by atoms with van der Waals surface area (Å²) in [4.78, 5) is 20.7. The van der Waals surface area contributed by atoms with Crippen LogP contribution in [0.5, 0.6) is 5.75 Å². The number of anilines is 2. The molecule has 0 aliphatic heterocycles. The Labute approximate surface area is 162 Å². The monoisotopic (exact) mass is 382 g/mol. The van der Waals surface area contributed by atoms with Gasteiger partial charge in [-0.1, -0.05) is 29.8 Å². The summed E-state index contributed by atoms with van der Waals surface area (Å²) in [6.07, 6.45) is 1.36. The van der Waals surface area contributed by atoms with Crippen LogP contribution >= 0.6 is 11.6 Å². The van der Waals surface area contributed by atoms with Crippen LogP contribution in [0.3, 0.4) is 0 Å². The molecule has 0 atom stereocenters. The van der Waals surface area contributed by atoms with Crippen LogP contribution in [0.2, 0.25) is 5.02 Å². The number of hydrogen-bond donors (Lipinski definition) is 2. The van der Waals surface area contributed by atoms with Crippen molar-refractivity contribution in [1.82, 2.24) is 9.97 Å². The fourth-order valence-electron chi connectivity index (χ4n) is 2.44. The van der Waals surface area contributed by atoms with E-state index in [1.807, 2.05) is 31.2 Å². The SMILES string of the molecule is COc1ccc(CNc2cc(C(=O)Nc3cccc(Cl)c3C)ncn2)cc1. The highest BCUT2D eigenvalue weighted by Gasteiger charge is 2.11. The quantitative estimate of drug-likeness (QED) is 0.664. The van der Waals surface area contributed by atoms with Gasteiger partial charge in [0.25, 0.3) is 5.91 Å². The lowest BCUT2D eigenvalue weighted by Gasteiger charge is -2.10. The van der Waals surface area contributed by atoms with E-state index in [4.69, 9.17) is 16.3 Å². The zero-order chi connectivity index (χ0) is 19.2. The van der Waals surface area contributed by atoms with Gasteiger partial charge in [-0.05, 0) is 42.3 Å². The van der Waals surface area contributed by atoms with Gasteiger partial charge in [-0.3, -0.25) is 4.79 Å². The fourth-order valence-corrected chi connectivity index (χ4v) is 2.62. The Balaban J connectivity index is 1.67. The number of aromatic nitrogens is 2. The average molecular weight is 383 g/mol. The number of hydrogen-bond acceptors (Lipinski definition) is 5. The normalized spacial score (nSPS) is 10.3. The molecule has 27 heavy (non-hydrogen) atoms. The minimum atomic E-state index is -0.324. The summed E-state index contributed by atoms with van der Waals surface area (Å²) in [5, 5.41) is 6.61. The van der Waals surface area contributed by atoms with Crippen molar-refractivity contribution < 1.29 is 9.53 Å². The molecule has 0 unspecified atom stereocenters. The van der Waals surface area contributed by atoms with E-state index in [1.54, 1.807) is 31.4 Å². The van der Waals surface area contributed by atoms with Crippen molar-refractivity contribution in [3.05, 3.63) is 76.7 Å². The smallest absolute Gasteiger partial charge is 0.274 e. The van der Waals surface area contributed by atoms with Crippen molar-refractivity contribution in [3.8, 4) is 5.75 Å². The molecule has 1 heterocycles. The first-order valence-corrected chi connectivity index (χ1v) is 8.70. The fraction of sp³-hybridized carbons (Fsp3) is 0.150. The van der Waals surface area contributed by atoms with Crippen molar-refractivity contribution >= 4 is 29.0 Å². The number of carbonyl (C=O) groups is 1. The molecule has 1 amide bonds. The number of nitrogens with zero attached hydrogens (tertiary/aromatic N) is 2. The second-order valence-corrected chi connectivity index (χ2v) is 6.26.